The molecule has 2 aromatic rings. The van der Waals surface area contributed by atoms with Gasteiger partial charge in [0.1, 0.15) is 11.5 Å². The van der Waals surface area contributed by atoms with E-state index >= 15 is 0 Å². The summed E-state index contributed by atoms with van der Waals surface area (Å²) in [5.74, 6) is 2.22. The fraction of sp³-hybridized carbons (Fsp3) is 0.481. The lowest BCUT2D eigenvalue weighted by molar-refractivity contribution is 0.163. The van der Waals surface area contributed by atoms with E-state index in [2.05, 4.69) is 35.6 Å². The Morgan fingerprint density at radius 3 is 2.20 bits per heavy atom. The maximum Gasteiger partial charge on any atom is 0.118 e. The third-order valence-corrected chi connectivity index (χ3v) is 5.87. The second kappa shape index (κ2) is 13.1. The van der Waals surface area contributed by atoms with Crippen molar-refractivity contribution in [2.75, 3.05) is 20.3 Å². The van der Waals surface area contributed by atoms with E-state index in [0.717, 1.165) is 31.7 Å². The highest BCUT2D eigenvalue weighted by Crippen LogP contribution is 2.32. The van der Waals surface area contributed by atoms with Crippen LogP contribution < -0.4 is 10.1 Å². The number of rotatable bonds is 8. The quantitative estimate of drug-likeness (QED) is 0.411. The summed E-state index contributed by atoms with van der Waals surface area (Å²) < 4.78 is 11.2. The van der Waals surface area contributed by atoms with E-state index in [0.29, 0.717) is 6.04 Å². The molecule has 4 rings (SSSR count). The van der Waals surface area contributed by atoms with Crippen molar-refractivity contribution in [3.05, 3.63) is 77.6 Å². The SMILES string of the molecule is COc1ccccc1.c1ccc(CCCCOC(=C2CCC2)C2CCCCN2)cc1. The van der Waals surface area contributed by atoms with E-state index in [1.807, 2.05) is 30.3 Å². The van der Waals surface area contributed by atoms with Gasteiger partial charge in [0.25, 0.3) is 0 Å². The number of allylic oxidation sites excluding steroid dienone is 1. The van der Waals surface area contributed by atoms with Crippen LogP contribution in [0, 0.1) is 0 Å². The summed E-state index contributed by atoms with van der Waals surface area (Å²) in [4.78, 5) is 0. The van der Waals surface area contributed by atoms with Crippen molar-refractivity contribution in [1.82, 2.24) is 5.32 Å². The molecule has 3 heteroatoms. The molecule has 1 N–H and O–H groups in total. The summed E-state index contributed by atoms with van der Waals surface area (Å²) in [7, 11) is 1.66. The third-order valence-electron chi connectivity index (χ3n) is 5.87. The molecular formula is C27H37NO2. The molecule has 0 aromatic heterocycles. The Kier molecular flexibility index (Phi) is 9.81. The lowest BCUT2D eigenvalue weighted by atomic mass is 9.87. The average molecular weight is 408 g/mol. The molecule has 30 heavy (non-hydrogen) atoms. The van der Waals surface area contributed by atoms with Crippen LogP contribution in [0.4, 0.5) is 0 Å². The Hall–Kier alpha value is -2.26. The number of nitrogens with one attached hydrogen (secondary N) is 1. The van der Waals surface area contributed by atoms with E-state index in [1.165, 1.54) is 56.3 Å². The molecule has 0 spiro atoms. The van der Waals surface area contributed by atoms with Crippen LogP contribution in [0.5, 0.6) is 5.75 Å². The minimum absolute atomic E-state index is 0.498. The number of benzene rings is 2. The highest BCUT2D eigenvalue weighted by atomic mass is 16.5. The van der Waals surface area contributed by atoms with Gasteiger partial charge in [-0.15, -0.1) is 0 Å². The summed E-state index contributed by atoms with van der Waals surface area (Å²) in [6, 6.07) is 20.9. The molecule has 1 aliphatic carbocycles. The van der Waals surface area contributed by atoms with Crippen LogP contribution in [0.1, 0.15) is 56.9 Å². The molecule has 2 aliphatic rings. The average Bonchev–Trinajstić information content (AvgIpc) is 2.79. The van der Waals surface area contributed by atoms with E-state index in [1.54, 1.807) is 12.7 Å². The zero-order valence-corrected chi connectivity index (χ0v) is 18.4. The van der Waals surface area contributed by atoms with Gasteiger partial charge in [0.2, 0.25) is 0 Å². The van der Waals surface area contributed by atoms with Crippen LogP contribution in [0.3, 0.4) is 0 Å². The van der Waals surface area contributed by atoms with Gasteiger partial charge >= 0.3 is 0 Å². The van der Waals surface area contributed by atoms with Gasteiger partial charge in [-0.1, -0.05) is 55.0 Å². The van der Waals surface area contributed by atoms with Crippen molar-refractivity contribution in [3.8, 4) is 5.75 Å². The van der Waals surface area contributed by atoms with Crippen molar-refractivity contribution in [2.24, 2.45) is 0 Å². The smallest absolute Gasteiger partial charge is 0.118 e. The highest BCUT2D eigenvalue weighted by Gasteiger charge is 2.24. The molecule has 162 valence electrons. The van der Waals surface area contributed by atoms with Gasteiger partial charge in [-0.25, -0.2) is 0 Å². The summed E-state index contributed by atoms with van der Waals surface area (Å²) in [5.41, 5.74) is 3.02. The molecule has 0 amide bonds. The Labute approximate surface area is 182 Å². The van der Waals surface area contributed by atoms with Gasteiger partial charge in [-0.3, -0.25) is 0 Å². The largest absolute Gasteiger partial charge is 0.497 e. The Morgan fingerprint density at radius 2 is 1.63 bits per heavy atom. The molecule has 2 aromatic carbocycles. The van der Waals surface area contributed by atoms with Gasteiger partial charge in [0.15, 0.2) is 0 Å². The maximum atomic E-state index is 6.24. The number of aryl methyl sites for hydroxylation is 1. The van der Waals surface area contributed by atoms with Gasteiger partial charge < -0.3 is 14.8 Å². The van der Waals surface area contributed by atoms with Crippen LogP contribution >= 0.6 is 0 Å². The first-order valence-corrected chi connectivity index (χ1v) is 11.6. The molecule has 2 fully saturated rings. The van der Waals surface area contributed by atoms with Crippen molar-refractivity contribution >= 4 is 0 Å². The Bertz CT molecular complexity index is 730. The zero-order chi connectivity index (χ0) is 20.9. The second-order valence-corrected chi connectivity index (χ2v) is 8.13. The van der Waals surface area contributed by atoms with Crippen LogP contribution in [-0.4, -0.2) is 26.3 Å². The van der Waals surface area contributed by atoms with Crippen molar-refractivity contribution in [2.45, 2.75) is 63.8 Å². The summed E-state index contributed by atoms with van der Waals surface area (Å²) in [6.07, 6.45) is 11.3. The van der Waals surface area contributed by atoms with Crippen LogP contribution in [0.15, 0.2) is 72.0 Å². The van der Waals surface area contributed by atoms with Crippen molar-refractivity contribution in [1.29, 1.82) is 0 Å². The molecule has 1 saturated carbocycles. The second-order valence-electron chi connectivity index (χ2n) is 8.13. The van der Waals surface area contributed by atoms with Gasteiger partial charge in [0.05, 0.1) is 19.8 Å². The number of piperidine rings is 1. The number of hydrogen-bond donors (Lipinski definition) is 1. The molecule has 0 bridgehead atoms. The lowest BCUT2D eigenvalue weighted by Gasteiger charge is -2.31. The zero-order valence-electron chi connectivity index (χ0n) is 18.4. The minimum atomic E-state index is 0.498. The predicted molar refractivity (Wildman–Crippen MR) is 125 cm³/mol. The molecule has 3 nitrogen and oxygen atoms in total. The van der Waals surface area contributed by atoms with E-state index < -0.39 is 0 Å². The van der Waals surface area contributed by atoms with Crippen LogP contribution in [0.25, 0.3) is 0 Å². The van der Waals surface area contributed by atoms with E-state index in [-0.39, 0.29) is 0 Å². The summed E-state index contributed by atoms with van der Waals surface area (Å²) >= 11 is 0. The summed E-state index contributed by atoms with van der Waals surface area (Å²) in [6.45, 7) is 2.03. The Morgan fingerprint density at radius 1 is 0.900 bits per heavy atom. The van der Waals surface area contributed by atoms with Crippen molar-refractivity contribution in [3.63, 3.8) is 0 Å². The van der Waals surface area contributed by atoms with Gasteiger partial charge in [0, 0.05) is 0 Å². The molecule has 1 unspecified atom stereocenters. The normalized spacial score (nSPS) is 17.9. The standard InChI is InChI=1S/C20H29NO.C7H8O/c1-2-9-17(10-3-1)11-5-7-16-22-20(18-12-8-13-18)19-14-4-6-15-21-19;1-8-7-5-3-2-4-6-7/h1-3,9-10,19,21H,4-8,11-16H2;2-6H,1H3. The maximum absolute atomic E-state index is 6.24. The fourth-order valence-electron chi connectivity index (χ4n) is 3.94. The number of para-hydroxylation sites is 1. The molecule has 1 heterocycles. The topological polar surface area (TPSA) is 30.5 Å². The predicted octanol–water partition coefficient (Wildman–Crippen LogP) is 6.30. The number of unbranched alkanes of at least 4 members (excludes halogenated alkanes) is 1. The van der Waals surface area contributed by atoms with Gasteiger partial charge in [-0.2, -0.15) is 0 Å². The molecule has 1 saturated heterocycles. The fourth-order valence-corrected chi connectivity index (χ4v) is 3.94. The molecule has 1 atom stereocenters. The first-order chi connectivity index (χ1) is 14.9. The van der Waals surface area contributed by atoms with E-state index in [9.17, 15) is 0 Å². The van der Waals surface area contributed by atoms with E-state index in [4.69, 9.17) is 9.47 Å². The highest BCUT2D eigenvalue weighted by molar-refractivity contribution is 5.21. The molecule has 1 aliphatic heterocycles. The number of ether oxygens (including phenoxy) is 2. The first-order valence-electron chi connectivity index (χ1n) is 11.6. The molecule has 0 radical (unpaired) electrons. The first kappa shape index (κ1) is 22.4. The van der Waals surface area contributed by atoms with Crippen molar-refractivity contribution < 1.29 is 9.47 Å². The van der Waals surface area contributed by atoms with Crippen LogP contribution in [0.2, 0.25) is 0 Å². The van der Waals surface area contributed by atoms with Crippen LogP contribution in [-0.2, 0) is 11.2 Å². The third kappa shape index (κ3) is 7.53. The molecular weight excluding hydrogens is 370 g/mol. The number of methoxy groups -OCH3 is 1. The minimum Gasteiger partial charge on any atom is -0.497 e. The summed E-state index contributed by atoms with van der Waals surface area (Å²) in [5, 5.41) is 3.65. The van der Waals surface area contributed by atoms with Gasteiger partial charge in [-0.05, 0) is 81.2 Å². The monoisotopic (exact) mass is 407 g/mol. The number of hydrogen-bond acceptors (Lipinski definition) is 3. The lowest BCUT2D eigenvalue weighted by Crippen LogP contribution is -2.37. The Balaban J connectivity index is 0.000000269.